The van der Waals surface area contributed by atoms with Crippen molar-refractivity contribution in [3.05, 3.63) is 64.7 Å². The summed E-state index contributed by atoms with van der Waals surface area (Å²) < 4.78 is 2.33. The molecule has 0 atom stereocenters. The number of hydrogen-bond acceptors (Lipinski definition) is 4. The van der Waals surface area contributed by atoms with Crippen LogP contribution >= 0.6 is 12.2 Å². The van der Waals surface area contributed by atoms with Crippen LogP contribution in [0, 0.1) is 11.7 Å². The van der Waals surface area contributed by atoms with Crippen LogP contribution in [0.25, 0.3) is 11.4 Å². The first-order chi connectivity index (χ1) is 10.3. The third-order valence-corrected chi connectivity index (χ3v) is 3.57. The predicted octanol–water partition coefficient (Wildman–Crippen LogP) is 3.05. The SMILES string of the molecule is Cc1ccccc1CNn1c(-c2ccncc2)n[nH]c1=S. The molecule has 6 heteroatoms. The monoisotopic (exact) mass is 297 g/mol. The highest BCUT2D eigenvalue weighted by atomic mass is 32.1. The molecule has 106 valence electrons. The van der Waals surface area contributed by atoms with Gasteiger partial charge in [-0.3, -0.25) is 4.98 Å². The van der Waals surface area contributed by atoms with Gasteiger partial charge in [0.1, 0.15) is 0 Å². The quantitative estimate of drug-likeness (QED) is 0.727. The standard InChI is InChI=1S/C15H15N5S/c1-11-4-2-3-5-13(11)10-17-20-14(18-19-15(20)21)12-6-8-16-9-7-12/h2-9,17H,10H2,1H3,(H,19,21). The maximum atomic E-state index is 5.29. The third kappa shape index (κ3) is 2.85. The van der Waals surface area contributed by atoms with Crippen LogP contribution in [0.1, 0.15) is 11.1 Å². The Morgan fingerprint density at radius 2 is 1.95 bits per heavy atom. The molecule has 3 rings (SSSR count). The molecule has 0 saturated heterocycles. The molecule has 3 aromatic rings. The van der Waals surface area contributed by atoms with Crippen LogP contribution in [-0.4, -0.2) is 19.9 Å². The number of nitrogens with zero attached hydrogens (tertiary/aromatic N) is 3. The van der Waals surface area contributed by atoms with E-state index >= 15 is 0 Å². The zero-order valence-corrected chi connectivity index (χ0v) is 12.4. The number of aromatic amines is 1. The van der Waals surface area contributed by atoms with Gasteiger partial charge in [0, 0.05) is 18.0 Å². The van der Waals surface area contributed by atoms with E-state index in [1.165, 1.54) is 11.1 Å². The Bertz CT molecular complexity index is 791. The average molecular weight is 297 g/mol. The van der Waals surface area contributed by atoms with E-state index in [1.807, 2.05) is 24.3 Å². The number of aromatic nitrogens is 4. The van der Waals surface area contributed by atoms with E-state index in [4.69, 9.17) is 12.2 Å². The van der Waals surface area contributed by atoms with Gasteiger partial charge in [0.05, 0.1) is 6.54 Å². The summed E-state index contributed by atoms with van der Waals surface area (Å²) in [6, 6.07) is 12.1. The predicted molar refractivity (Wildman–Crippen MR) is 84.9 cm³/mol. The van der Waals surface area contributed by atoms with E-state index in [-0.39, 0.29) is 0 Å². The first-order valence-corrected chi connectivity index (χ1v) is 7.03. The van der Waals surface area contributed by atoms with Crippen LogP contribution in [-0.2, 0) is 6.54 Å². The molecule has 1 aromatic carbocycles. The van der Waals surface area contributed by atoms with Crippen molar-refractivity contribution in [1.82, 2.24) is 19.9 Å². The molecule has 0 bridgehead atoms. The topological polar surface area (TPSA) is 58.5 Å². The lowest BCUT2D eigenvalue weighted by Crippen LogP contribution is -2.16. The first-order valence-electron chi connectivity index (χ1n) is 6.62. The summed E-state index contributed by atoms with van der Waals surface area (Å²) in [5, 5.41) is 7.10. The van der Waals surface area contributed by atoms with Gasteiger partial charge in [0.2, 0.25) is 4.77 Å². The molecule has 0 unspecified atom stereocenters. The molecule has 0 aliphatic rings. The zero-order chi connectivity index (χ0) is 14.7. The summed E-state index contributed by atoms with van der Waals surface area (Å²) >= 11 is 5.29. The van der Waals surface area contributed by atoms with E-state index in [2.05, 4.69) is 39.7 Å². The Labute approximate surface area is 127 Å². The second-order valence-corrected chi connectivity index (χ2v) is 5.07. The van der Waals surface area contributed by atoms with Crippen molar-refractivity contribution < 1.29 is 0 Å². The van der Waals surface area contributed by atoms with Gasteiger partial charge in [-0.05, 0) is 42.4 Å². The number of aryl methyl sites for hydroxylation is 1. The van der Waals surface area contributed by atoms with Gasteiger partial charge < -0.3 is 5.43 Å². The van der Waals surface area contributed by atoms with Gasteiger partial charge in [-0.2, -0.15) is 5.10 Å². The molecular formula is C15H15N5S. The molecule has 0 spiro atoms. The summed E-state index contributed by atoms with van der Waals surface area (Å²) in [6.45, 7) is 2.77. The smallest absolute Gasteiger partial charge is 0.214 e. The summed E-state index contributed by atoms with van der Waals surface area (Å²) in [6.07, 6.45) is 3.47. The van der Waals surface area contributed by atoms with E-state index in [0.29, 0.717) is 11.3 Å². The summed E-state index contributed by atoms with van der Waals surface area (Å²) in [5.41, 5.74) is 6.73. The van der Waals surface area contributed by atoms with Crippen LogP contribution in [0.3, 0.4) is 0 Å². The van der Waals surface area contributed by atoms with Gasteiger partial charge in [0.15, 0.2) is 5.82 Å². The maximum absolute atomic E-state index is 5.29. The molecule has 0 amide bonds. The Morgan fingerprint density at radius 1 is 1.19 bits per heavy atom. The third-order valence-electron chi connectivity index (χ3n) is 3.30. The van der Waals surface area contributed by atoms with Gasteiger partial charge >= 0.3 is 0 Å². The van der Waals surface area contributed by atoms with E-state index in [1.54, 1.807) is 17.1 Å². The molecule has 0 aliphatic carbocycles. The lowest BCUT2D eigenvalue weighted by atomic mass is 10.1. The van der Waals surface area contributed by atoms with E-state index in [9.17, 15) is 0 Å². The van der Waals surface area contributed by atoms with Crippen molar-refractivity contribution in [3.8, 4) is 11.4 Å². The average Bonchev–Trinajstić information content (AvgIpc) is 2.88. The van der Waals surface area contributed by atoms with Crippen LogP contribution in [0.5, 0.6) is 0 Å². The summed E-state index contributed by atoms with van der Waals surface area (Å²) in [4.78, 5) is 4.02. The number of nitrogens with one attached hydrogen (secondary N) is 2. The molecule has 2 heterocycles. The number of H-pyrrole nitrogens is 1. The van der Waals surface area contributed by atoms with Gasteiger partial charge in [-0.15, -0.1) is 0 Å². The van der Waals surface area contributed by atoms with Crippen molar-refractivity contribution in [2.24, 2.45) is 0 Å². The Hall–Kier alpha value is -2.47. The second kappa shape index (κ2) is 5.88. The van der Waals surface area contributed by atoms with E-state index in [0.717, 1.165) is 11.4 Å². The molecule has 0 radical (unpaired) electrons. The Morgan fingerprint density at radius 3 is 2.71 bits per heavy atom. The molecular weight excluding hydrogens is 282 g/mol. The van der Waals surface area contributed by atoms with Crippen molar-refractivity contribution >= 4 is 12.2 Å². The fourth-order valence-corrected chi connectivity index (χ4v) is 2.31. The second-order valence-electron chi connectivity index (χ2n) is 4.69. The maximum Gasteiger partial charge on any atom is 0.214 e. The molecule has 0 aliphatic heterocycles. The number of rotatable bonds is 4. The lowest BCUT2D eigenvalue weighted by Gasteiger charge is -2.11. The largest absolute Gasteiger partial charge is 0.317 e. The molecule has 21 heavy (non-hydrogen) atoms. The van der Waals surface area contributed by atoms with Crippen molar-refractivity contribution in [1.29, 1.82) is 0 Å². The highest BCUT2D eigenvalue weighted by molar-refractivity contribution is 7.71. The fraction of sp³-hybridized carbons (Fsp3) is 0.133. The molecule has 2 aromatic heterocycles. The minimum absolute atomic E-state index is 0.537. The fourth-order valence-electron chi connectivity index (χ4n) is 2.11. The normalized spacial score (nSPS) is 10.5. The number of hydrogen-bond donors (Lipinski definition) is 2. The Balaban J connectivity index is 1.88. The molecule has 0 saturated carbocycles. The first kappa shape index (κ1) is 13.5. The summed E-state index contributed by atoms with van der Waals surface area (Å²) in [5.74, 6) is 0.746. The zero-order valence-electron chi connectivity index (χ0n) is 11.6. The van der Waals surface area contributed by atoms with Crippen molar-refractivity contribution in [2.45, 2.75) is 13.5 Å². The van der Waals surface area contributed by atoms with Crippen LogP contribution in [0.4, 0.5) is 0 Å². The van der Waals surface area contributed by atoms with Crippen molar-refractivity contribution in [2.75, 3.05) is 5.43 Å². The highest BCUT2D eigenvalue weighted by Crippen LogP contribution is 2.15. The van der Waals surface area contributed by atoms with Crippen molar-refractivity contribution in [3.63, 3.8) is 0 Å². The van der Waals surface area contributed by atoms with Gasteiger partial charge in [0.25, 0.3) is 0 Å². The minimum Gasteiger partial charge on any atom is -0.317 e. The number of pyridine rings is 1. The highest BCUT2D eigenvalue weighted by Gasteiger charge is 2.08. The van der Waals surface area contributed by atoms with Crippen LogP contribution in [0.2, 0.25) is 0 Å². The molecule has 5 nitrogen and oxygen atoms in total. The van der Waals surface area contributed by atoms with E-state index < -0.39 is 0 Å². The molecule has 2 N–H and O–H groups in total. The van der Waals surface area contributed by atoms with Crippen LogP contribution < -0.4 is 5.43 Å². The Kier molecular flexibility index (Phi) is 3.79. The van der Waals surface area contributed by atoms with Crippen LogP contribution in [0.15, 0.2) is 48.8 Å². The van der Waals surface area contributed by atoms with Gasteiger partial charge in [-0.25, -0.2) is 9.77 Å². The number of benzene rings is 1. The lowest BCUT2D eigenvalue weighted by molar-refractivity contribution is 0.828. The van der Waals surface area contributed by atoms with Gasteiger partial charge in [-0.1, -0.05) is 24.3 Å². The molecule has 0 fully saturated rings. The minimum atomic E-state index is 0.537. The summed E-state index contributed by atoms with van der Waals surface area (Å²) in [7, 11) is 0.